The van der Waals surface area contributed by atoms with E-state index in [9.17, 15) is 85.6 Å². The number of ether oxygens (including phenoxy) is 7. The van der Waals surface area contributed by atoms with Gasteiger partial charge in [-0.25, -0.2) is 5.26 Å². The highest BCUT2D eigenvalue weighted by molar-refractivity contribution is 5.94. The molecular formula is C67H54O30. The molecular weight excluding hydrogens is 1280 g/mol. The van der Waals surface area contributed by atoms with Crippen molar-refractivity contribution in [2.75, 3.05) is 49.8 Å². The molecule has 97 heavy (non-hydrogen) atoms. The minimum Gasteiger partial charge on any atom is -0.508 e. The van der Waals surface area contributed by atoms with Crippen LogP contribution in [-0.2, 0) is 0 Å². The fourth-order valence-corrected chi connectivity index (χ4v) is 9.83. The van der Waals surface area contributed by atoms with Crippen LogP contribution in [0.1, 0.15) is 0 Å². The zero-order valence-electron chi connectivity index (χ0n) is 51.3. The molecule has 12 aromatic rings. The standard InChI is InChI=1S/C18H16O8.C17H14O7.C16H12O9.C16H12O6/c1-23-11-6-8(4-5-9(11)19)16-18(25-3)15(22)13-12(26-16)7-10(20)17(24-2)14(13)21;1-22-16-10(19)7-11-12(13(16)20)14(21)17(23-2)15(24-11)8-3-5-9(18)6-4-8;1-23-16-13(21)11-10(5-9(19)15(25-22)12(11)20)24-14(16)6-2-3-7(17)8(18)4-6;1-21-16-14(20)13-11(19)6-10(18)7-12(13)22-15(16)8-2-4-9(17)5-3-8/h4-7,19-21H,1-3H3;3-7,18-20H,1-2H3;2-5,17-20,22H,1H3;2-7,17-19H,1H3. The van der Waals surface area contributed by atoms with Crippen LogP contribution in [0.2, 0.25) is 0 Å². The third-order valence-corrected chi connectivity index (χ3v) is 14.3. The van der Waals surface area contributed by atoms with E-state index in [0.717, 1.165) is 24.3 Å². The maximum Gasteiger partial charge on any atom is 0.249 e. The van der Waals surface area contributed by atoms with Crippen LogP contribution >= 0.6 is 0 Å². The van der Waals surface area contributed by atoms with Gasteiger partial charge in [-0.2, -0.15) is 0 Å². The normalized spacial score (nSPS) is 10.8. The Labute approximate surface area is 541 Å². The molecule has 0 aliphatic carbocycles. The third-order valence-electron chi connectivity index (χ3n) is 14.3. The molecule has 30 nitrogen and oxygen atoms in total. The van der Waals surface area contributed by atoms with Crippen molar-refractivity contribution in [3.05, 3.63) is 156 Å². The lowest BCUT2D eigenvalue weighted by Gasteiger charge is -2.13. The van der Waals surface area contributed by atoms with Gasteiger partial charge in [0.2, 0.25) is 62.0 Å². The van der Waals surface area contributed by atoms with Gasteiger partial charge in [0.05, 0.1) is 49.8 Å². The Bertz CT molecular complexity index is 5280. The Morgan fingerprint density at radius 2 is 0.588 bits per heavy atom. The SMILES string of the molecule is COc1c(-c2ccc(O)c(O)c2)oc2cc(O)c(OO)c(O)c2c1=O.COc1c(-c2ccc(O)cc2)oc2cc(O)cc(O)c2c1=O.COc1c(O)cc2oc(-c3ccc(O)cc3)c(OC)c(=O)c2c1O.COc1cc(-c2oc3cc(O)c(OC)c(O)c3c(=O)c2OC)ccc1O. The van der Waals surface area contributed by atoms with Gasteiger partial charge in [-0.3, -0.25) is 19.2 Å². The molecule has 12 rings (SSSR count). The number of hydrogen-bond donors (Lipinski definition) is 14. The number of benzene rings is 8. The van der Waals surface area contributed by atoms with Gasteiger partial charge < -0.3 is 122 Å². The van der Waals surface area contributed by atoms with Gasteiger partial charge in [0.25, 0.3) is 0 Å². The van der Waals surface area contributed by atoms with Crippen LogP contribution in [0.15, 0.2) is 152 Å². The first-order valence-electron chi connectivity index (χ1n) is 27.5. The van der Waals surface area contributed by atoms with Crippen molar-refractivity contribution in [1.29, 1.82) is 0 Å². The molecule has 0 aliphatic rings. The maximum atomic E-state index is 12.8. The highest BCUT2D eigenvalue weighted by atomic mass is 17.1. The molecule has 0 radical (unpaired) electrons. The Kier molecular flexibility index (Phi) is 19.3. The predicted molar refractivity (Wildman–Crippen MR) is 342 cm³/mol. The summed E-state index contributed by atoms with van der Waals surface area (Å²) in [7, 11) is 8.99. The van der Waals surface area contributed by atoms with Crippen LogP contribution in [-0.4, -0.2) is 121 Å². The van der Waals surface area contributed by atoms with E-state index in [0.29, 0.717) is 16.7 Å². The second-order valence-corrected chi connectivity index (χ2v) is 20.0. The molecule has 502 valence electrons. The van der Waals surface area contributed by atoms with E-state index >= 15 is 0 Å². The summed E-state index contributed by atoms with van der Waals surface area (Å²) in [6, 6.07) is 25.6. The molecule has 0 saturated carbocycles. The molecule has 0 unspecified atom stereocenters. The quantitative estimate of drug-likeness (QED) is 0.0307. The third kappa shape index (κ3) is 12.7. The first-order valence-corrected chi connectivity index (χ1v) is 27.5. The summed E-state index contributed by atoms with van der Waals surface area (Å²) in [6.07, 6.45) is 0. The van der Waals surface area contributed by atoms with Crippen LogP contribution in [0.25, 0.3) is 89.2 Å². The lowest BCUT2D eigenvalue weighted by molar-refractivity contribution is -0.140. The number of hydrogen-bond acceptors (Lipinski definition) is 30. The number of phenolic OH excluding ortho intramolecular Hbond substituents is 13. The van der Waals surface area contributed by atoms with E-state index in [-0.39, 0.29) is 159 Å². The molecule has 14 N–H and O–H groups in total. The minimum absolute atomic E-state index is 0.0281. The molecule has 8 aromatic carbocycles. The molecule has 0 atom stereocenters. The van der Waals surface area contributed by atoms with Crippen molar-refractivity contribution < 1.29 is 127 Å². The Balaban J connectivity index is 0.000000152. The zero-order chi connectivity index (χ0) is 70.6. The summed E-state index contributed by atoms with van der Waals surface area (Å²) >= 11 is 0. The van der Waals surface area contributed by atoms with Crippen LogP contribution in [0.4, 0.5) is 0 Å². The Hall–Kier alpha value is -13.6. The number of fused-ring (bicyclic) bond motifs is 4. The molecule has 0 bridgehead atoms. The Morgan fingerprint density at radius 3 is 0.948 bits per heavy atom. The second kappa shape index (κ2) is 27.7. The van der Waals surface area contributed by atoms with Crippen molar-refractivity contribution in [2.45, 2.75) is 0 Å². The van der Waals surface area contributed by atoms with Crippen LogP contribution in [0, 0.1) is 0 Å². The minimum atomic E-state index is -0.829. The molecule has 4 aromatic heterocycles. The fraction of sp³-hybridized carbons (Fsp3) is 0.104. The molecule has 30 heteroatoms. The average Bonchev–Trinajstić information content (AvgIpc) is 0.783. The summed E-state index contributed by atoms with van der Waals surface area (Å²) in [5.74, 6) is -6.19. The smallest absolute Gasteiger partial charge is 0.249 e. The molecule has 0 fully saturated rings. The van der Waals surface area contributed by atoms with E-state index < -0.39 is 56.2 Å². The Morgan fingerprint density at radius 1 is 0.268 bits per heavy atom. The van der Waals surface area contributed by atoms with Crippen molar-refractivity contribution >= 4 is 43.9 Å². The highest BCUT2D eigenvalue weighted by Crippen LogP contribution is 2.48. The predicted octanol–water partition coefficient (Wildman–Crippen LogP) is 9.92. The van der Waals surface area contributed by atoms with E-state index in [1.807, 2.05) is 0 Å². The topological polar surface area (TPSA) is 478 Å². The van der Waals surface area contributed by atoms with E-state index in [2.05, 4.69) is 4.89 Å². The molecule has 0 saturated heterocycles. The summed E-state index contributed by atoms with van der Waals surface area (Å²) in [5, 5.41) is 135. The van der Waals surface area contributed by atoms with Crippen molar-refractivity contribution in [2.24, 2.45) is 0 Å². The van der Waals surface area contributed by atoms with E-state index in [4.69, 9.17) is 56.1 Å². The van der Waals surface area contributed by atoms with Crippen LogP contribution in [0.3, 0.4) is 0 Å². The van der Waals surface area contributed by atoms with Gasteiger partial charge in [-0.1, -0.05) is 0 Å². The van der Waals surface area contributed by atoms with Gasteiger partial charge in [-0.15, -0.1) is 0 Å². The molecule has 0 spiro atoms. The molecule has 0 amide bonds. The maximum absolute atomic E-state index is 12.8. The summed E-state index contributed by atoms with van der Waals surface area (Å²) in [6.45, 7) is 0. The van der Waals surface area contributed by atoms with Gasteiger partial charge >= 0.3 is 0 Å². The first kappa shape index (κ1) is 67.7. The van der Waals surface area contributed by atoms with Crippen molar-refractivity contribution in [1.82, 2.24) is 0 Å². The van der Waals surface area contributed by atoms with Gasteiger partial charge in [0.15, 0.2) is 80.5 Å². The van der Waals surface area contributed by atoms with Gasteiger partial charge in [-0.05, 0) is 84.9 Å². The molecule has 4 heterocycles. The summed E-state index contributed by atoms with van der Waals surface area (Å²) in [4.78, 5) is 54.5. The van der Waals surface area contributed by atoms with Crippen LogP contribution < -0.4 is 59.8 Å². The highest BCUT2D eigenvalue weighted by Gasteiger charge is 2.28. The average molecular weight is 1340 g/mol. The summed E-state index contributed by atoms with van der Waals surface area (Å²) in [5.41, 5.74) is -1.30. The van der Waals surface area contributed by atoms with Gasteiger partial charge in [0, 0.05) is 52.6 Å². The number of rotatable bonds is 12. The summed E-state index contributed by atoms with van der Waals surface area (Å²) < 4.78 is 57.9. The lowest BCUT2D eigenvalue weighted by Crippen LogP contribution is -2.08. The van der Waals surface area contributed by atoms with E-state index in [1.54, 1.807) is 24.3 Å². The second-order valence-electron chi connectivity index (χ2n) is 20.0. The largest absolute Gasteiger partial charge is 0.508 e. The lowest BCUT2D eigenvalue weighted by atomic mass is 10.1. The number of aromatic hydroxyl groups is 13. The molecule has 0 aliphatic heterocycles. The van der Waals surface area contributed by atoms with Crippen molar-refractivity contribution in [3.63, 3.8) is 0 Å². The number of methoxy groups -OCH3 is 7. The monoisotopic (exact) mass is 1340 g/mol. The number of phenols is 13. The van der Waals surface area contributed by atoms with E-state index in [1.165, 1.54) is 116 Å². The van der Waals surface area contributed by atoms with Crippen LogP contribution in [0.5, 0.6) is 121 Å². The zero-order valence-corrected chi connectivity index (χ0v) is 51.3. The fourth-order valence-electron chi connectivity index (χ4n) is 9.83. The first-order chi connectivity index (χ1) is 46.3. The van der Waals surface area contributed by atoms with Gasteiger partial charge in [0.1, 0.15) is 66.9 Å². The van der Waals surface area contributed by atoms with Crippen molar-refractivity contribution in [3.8, 4) is 166 Å².